The van der Waals surface area contributed by atoms with Crippen LogP contribution in [0, 0.1) is 0 Å². The number of rotatable bonds is 7. The minimum atomic E-state index is 0. The Morgan fingerprint density at radius 2 is 1.82 bits per heavy atom. The van der Waals surface area contributed by atoms with Gasteiger partial charge in [0.15, 0.2) is 0 Å². The number of hydrazone groups is 1. The zero-order valence-electron chi connectivity index (χ0n) is 15.8. The third-order valence-electron chi connectivity index (χ3n) is 3.96. The normalized spacial score (nSPS) is 10.9. The maximum Gasteiger partial charge on any atom is 0.224 e. The maximum atomic E-state index is 11.7. The number of nitrogens with zero attached hydrogens (tertiary/aromatic N) is 2. The highest BCUT2D eigenvalue weighted by Gasteiger charge is 2.06. The van der Waals surface area contributed by atoms with Gasteiger partial charge >= 0.3 is 0 Å². The van der Waals surface area contributed by atoms with Crippen molar-refractivity contribution in [1.82, 2.24) is 4.98 Å². The van der Waals surface area contributed by atoms with Crippen LogP contribution < -0.4 is 10.7 Å². The molecule has 0 spiro atoms. The van der Waals surface area contributed by atoms with E-state index < -0.39 is 0 Å². The lowest BCUT2D eigenvalue weighted by Gasteiger charge is -2.05. The van der Waals surface area contributed by atoms with Gasteiger partial charge in [-0.15, -0.1) is 28.3 Å². The second-order valence-corrected chi connectivity index (χ2v) is 6.95. The largest absolute Gasteiger partial charge is 0.326 e. The first-order chi connectivity index (χ1) is 13.2. The van der Waals surface area contributed by atoms with Crippen LogP contribution >= 0.6 is 28.3 Å². The van der Waals surface area contributed by atoms with Crippen molar-refractivity contribution in [2.24, 2.45) is 5.10 Å². The molecule has 2 N–H and O–H groups in total. The van der Waals surface area contributed by atoms with Gasteiger partial charge in [-0.05, 0) is 31.0 Å². The molecule has 0 aliphatic carbocycles. The Morgan fingerprint density at radius 1 is 1.11 bits per heavy atom. The van der Waals surface area contributed by atoms with E-state index in [1.807, 2.05) is 73.8 Å². The zero-order chi connectivity index (χ0) is 19.1. The fourth-order valence-electron chi connectivity index (χ4n) is 2.51. The number of amides is 1. The number of carbonyl (C=O) groups is 1. The number of anilines is 2. The Balaban J connectivity index is 0.00000280. The van der Waals surface area contributed by atoms with Gasteiger partial charge in [0.2, 0.25) is 11.0 Å². The molecule has 146 valence electrons. The van der Waals surface area contributed by atoms with Crippen LogP contribution in [-0.4, -0.2) is 16.6 Å². The second-order valence-electron chi connectivity index (χ2n) is 6.09. The van der Waals surface area contributed by atoms with Gasteiger partial charge in [-0.2, -0.15) is 5.10 Å². The molecule has 0 unspecified atom stereocenters. The van der Waals surface area contributed by atoms with E-state index in [2.05, 4.69) is 20.8 Å². The SMILES string of the molecule is Br.CCCC(=O)Nc1ccc(-c2csc(N/N=C(/C)c3ccccc3)n2)cc1. The Bertz CT molecular complexity index is 923. The predicted octanol–water partition coefficient (Wildman–Crippen LogP) is 5.96. The molecule has 0 atom stereocenters. The second kappa shape index (κ2) is 10.7. The summed E-state index contributed by atoms with van der Waals surface area (Å²) in [6.45, 7) is 3.95. The van der Waals surface area contributed by atoms with Gasteiger partial charge in [0.25, 0.3) is 0 Å². The number of benzene rings is 2. The fraction of sp³-hybridized carbons (Fsp3) is 0.190. The lowest BCUT2D eigenvalue weighted by molar-refractivity contribution is -0.116. The molecule has 5 nitrogen and oxygen atoms in total. The summed E-state index contributed by atoms with van der Waals surface area (Å²) in [7, 11) is 0. The first-order valence-electron chi connectivity index (χ1n) is 8.87. The molecule has 0 bridgehead atoms. The molecule has 0 saturated heterocycles. The summed E-state index contributed by atoms with van der Waals surface area (Å²) in [4.78, 5) is 16.2. The molecule has 1 amide bonds. The van der Waals surface area contributed by atoms with Gasteiger partial charge in [-0.1, -0.05) is 49.4 Å². The predicted molar refractivity (Wildman–Crippen MR) is 124 cm³/mol. The van der Waals surface area contributed by atoms with Gasteiger partial charge in [0.05, 0.1) is 11.4 Å². The standard InChI is InChI=1S/C21H22N4OS.BrH/c1-3-7-20(26)22-18-12-10-17(11-13-18)19-14-27-21(23-19)25-24-15(2)16-8-5-4-6-9-16;/h4-6,8-14H,3,7H2,1-2H3,(H,22,26)(H,23,25);1H/b24-15-;. The molecule has 0 saturated carbocycles. The average molecular weight is 459 g/mol. The number of nitrogens with one attached hydrogen (secondary N) is 2. The third-order valence-corrected chi connectivity index (χ3v) is 4.70. The minimum Gasteiger partial charge on any atom is -0.326 e. The summed E-state index contributed by atoms with van der Waals surface area (Å²) in [5, 5.41) is 10.0. The van der Waals surface area contributed by atoms with E-state index in [1.165, 1.54) is 11.3 Å². The molecule has 0 aliphatic rings. The molecule has 2 aromatic carbocycles. The molecule has 0 radical (unpaired) electrons. The van der Waals surface area contributed by atoms with Crippen LogP contribution in [-0.2, 0) is 4.79 Å². The van der Waals surface area contributed by atoms with E-state index in [0.717, 1.165) is 39.8 Å². The van der Waals surface area contributed by atoms with E-state index in [4.69, 9.17) is 0 Å². The van der Waals surface area contributed by atoms with Crippen LogP contribution in [0.1, 0.15) is 32.3 Å². The summed E-state index contributed by atoms with van der Waals surface area (Å²) in [5.74, 6) is 0.0389. The van der Waals surface area contributed by atoms with Gasteiger partial charge in [0.1, 0.15) is 0 Å². The van der Waals surface area contributed by atoms with Crippen molar-refractivity contribution in [1.29, 1.82) is 0 Å². The molecular weight excluding hydrogens is 436 g/mol. The van der Waals surface area contributed by atoms with Gasteiger partial charge in [-0.25, -0.2) is 4.98 Å². The highest BCUT2D eigenvalue weighted by molar-refractivity contribution is 8.93. The summed E-state index contributed by atoms with van der Waals surface area (Å²) >= 11 is 1.50. The zero-order valence-corrected chi connectivity index (χ0v) is 18.3. The van der Waals surface area contributed by atoms with Crippen molar-refractivity contribution in [3.05, 3.63) is 65.5 Å². The number of carbonyl (C=O) groups excluding carboxylic acids is 1. The first-order valence-corrected chi connectivity index (χ1v) is 9.75. The molecule has 0 aliphatic heterocycles. The average Bonchev–Trinajstić information content (AvgIpc) is 3.16. The molecule has 0 fully saturated rings. The molecule has 1 aromatic heterocycles. The minimum absolute atomic E-state index is 0. The Kier molecular flexibility index (Phi) is 8.35. The third kappa shape index (κ3) is 6.00. The van der Waals surface area contributed by atoms with Crippen LogP contribution in [0.3, 0.4) is 0 Å². The highest BCUT2D eigenvalue weighted by Crippen LogP contribution is 2.26. The first kappa shape index (κ1) is 21.8. The number of halogens is 1. The van der Waals surface area contributed by atoms with Gasteiger partial charge in [0, 0.05) is 23.1 Å². The molecule has 7 heteroatoms. The van der Waals surface area contributed by atoms with E-state index in [0.29, 0.717) is 6.42 Å². The van der Waals surface area contributed by atoms with Crippen molar-refractivity contribution >= 4 is 50.8 Å². The van der Waals surface area contributed by atoms with Crippen LogP contribution in [0.2, 0.25) is 0 Å². The van der Waals surface area contributed by atoms with Gasteiger partial charge in [-0.3, -0.25) is 10.2 Å². The van der Waals surface area contributed by atoms with Crippen molar-refractivity contribution in [2.45, 2.75) is 26.7 Å². The smallest absolute Gasteiger partial charge is 0.224 e. The maximum absolute atomic E-state index is 11.7. The van der Waals surface area contributed by atoms with Crippen molar-refractivity contribution in [3.8, 4) is 11.3 Å². The van der Waals surface area contributed by atoms with Gasteiger partial charge < -0.3 is 5.32 Å². The number of hydrogen-bond donors (Lipinski definition) is 2. The summed E-state index contributed by atoms with van der Waals surface area (Å²) < 4.78 is 0. The van der Waals surface area contributed by atoms with Crippen LogP contribution in [0.25, 0.3) is 11.3 Å². The van der Waals surface area contributed by atoms with Crippen molar-refractivity contribution in [2.75, 3.05) is 10.7 Å². The lowest BCUT2D eigenvalue weighted by Crippen LogP contribution is -2.10. The molecule has 3 aromatic rings. The molecule has 3 rings (SSSR count). The highest BCUT2D eigenvalue weighted by atomic mass is 79.9. The lowest BCUT2D eigenvalue weighted by atomic mass is 10.1. The Hall–Kier alpha value is -2.51. The summed E-state index contributed by atoms with van der Waals surface area (Å²) in [5.41, 5.74) is 7.67. The quantitative estimate of drug-likeness (QED) is 0.338. The van der Waals surface area contributed by atoms with Crippen LogP contribution in [0.4, 0.5) is 10.8 Å². The number of hydrogen-bond acceptors (Lipinski definition) is 5. The summed E-state index contributed by atoms with van der Waals surface area (Å²) in [6.07, 6.45) is 1.37. The van der Waals surface area contributed by atoms with Crippen molar-refractivity contribution in [3.63, 3.8) is 0 Å². The number of aromatic nitrogens is 1. The van der Waals surface area contributed by atoms with E-state index in [9.17, 15) is 4.79 Å². The van der Waals surface area contributed by atoms with Crippen LogP contribution in [0.15, 0.2) is 65.1 Å². The number of thiazole rings is 1. The van der Waals surface area contributed by atoms with E-state index in [-0.39, 0.29) is 22.9 Å². The summed E-state index contributed by atoms with van der Waals surface area (Å²) in [6, 6.07) is 17.7. The molecule has 1 heterocycles. The topological polar surface area (TPSA) is 66.4 Å². The Labute approximate surface area is 179 Å². The van der Waals surface area contributed by atoms with Crippen LogP contribution in [0.5, 0.6) is 0 Å². The monoisotopic (exact) mass is 458 g/mol. The molecular formula is C21H23BrN4OS. The fourth-order valence-corrected chi connectivity index (χ4v) is 3.17. The molecule has 28 heavy (non-hydrogen) atoms. The van der Waals surface area contributed by atoms with Crippen molar-refractivity contribution < 1.29 is 4.79 Å². The van der Waals surface area contributed by atoms with E-state index >= 15 is 0 Å². The Morgan fingerprint density at radius 3 is 2.50 bits per heavy atom. The van der Waals surface area contributed by atoms with E-state index in [1.54, 1.807) is 0 Å².